The second-order valence-corrected chi connectivity index (χ2v) is 13.2. The van der Waals surface area contributed by atoms with Crippen molar-refractivity contribution in [1.29, 1.82) is 0 Å². The van der Waals surface area contributed by atoms with Gasteiger partial charge in [0.2, 0.25) is 5.95 Å². The highest BCUT2D eigenvalue weighted by atomic mass is 16.1. The molecule has 3 heterocycles. The summed E-state index contributed by atoms with van der Waals surface area (Å²) in [5.41, 5.74) is 1.96. The highest BCUT2D eigenvalue weighted by Gasteiger charge is 2.50. The van der Waals surface area contributed by atoms with Gasteiger partial charge < -0.3 is 10.2 Å². The van der Waals surface area contributed by atoms with E-state index < -0.39 is 0 Å². The number of aromatic nitrogens is 2. The van der Waals surface area contributed by atoms with Crippen molar-refractivity contribution in [3.05, 3.63) is 18.0 Å². The van der Waals surface area contributed by atoms with Crippen LogP contribution in [-0.4, -0.2) is 70.9 Å². The van der Waals surface area contributed by atoms with Gasteiger partial charge in [0.15, 0.2) is 0 Å². The molecule has 0 aromatic carbocycles. The Morgan fingerprint density at radius 3 is 2.22 bits per heavy atom. The van der Waals surface area contributed by atoms with E-state index in [9.17, 15) is 4.79 Å². The molecular weight excluding hydrogens is 446 g/mol. The number of nitrogens with one attached hydrogen (secondary N) is 1. The molecular formula is C30H51N5O. The topological polar surface area (TPSA) is 61.4 Å². The Morgan fingerprint density at radius 2 is 1.69 bits per heavy atom. The maximum Gasteiger partial charge on any atom is 0.222 e. The molecule has 2 atom stereocenters. The van der Waals surface area contributed by atoms with E-state index in [0.29, 0.717) is 35.1 Å². The van der Waals surface area contributed by atoms with Crippen LogP contribution >= 0.6 is 0 Å². The van der Waals surface area contributed by atoms with E-state index in [4.69, 9.17) is 0 Å². The van der Waals surface area contributed by atoms with Crippen LogP contribution in [0.4, 0.5) is 5.95 Å². The van der Waals surface area contributed by atoms with Crippen molar-refractivity contribution in [2.24, 2.45) is 23.2 Å². The lowest BCUT2D eigenvalue weighted by molar-refractivity contribution is -0.137. The van der Waals surface area contributed by atoms with E-state index in [-0.39, 0.29) is 5.92 Å². The second-order valence-electron chi connectivity index (χ2n) is 13.2. The molecule has 5 rings (SSSR count). The van der Waals surface area contributed by atoms with Crippen LogP contribution in [0.25, 0.3) is 0 Å². The van der Waals surface area contributed by atoms with Crippen LogP contribution < -0.4 is 5.32 Å². The minimum atomic E-state index is 0.257. The Labute approximate surface area is 220 Å². The summed E-state index contributed by atoms with van der Waals surface area (Å²) in [6.45, 7) is 15.6. The number of anilines is 1. The monoisotopic (exact) mass is 497 g/mol. The van der Waals surface area contributed by atoms with Crippen molar-refractivity contribution in [2.75, 3.05) is 38.5 Å². The van der Waals surface area contributed by atoms with Gasteiger partial charge in [-0.3, -0.25) is 9.69 Å². The molecule has 2 unspecified atom stereocenters. The van der Waals surface area contributed by atoms with Crippen LogP contribution in [0, 0.1) is 23.2 Å². The van der Waals surface area contributed by atoms with Gasteiger partial charge in [-0.1, -0.05) is 27.2 Å². The van der Waals surface area contributed by atoms with Gasteiger partial charge in [0.25, 0.3) is 0 Å². The van der Waals surface area contributed by atoms with Crippen molar-refractivity contribution in [3.63, 3.8) is 0 Å². The average molecular weight is 498 g/mol. The van der Waals surface area contributed by atoms with Gasteiger partial charge >= 0.3 is 0 Å². The van der Waals surface area contributed by atoms with Crippen LogP contribution in [0.5, 0.6) is 0 Å². The summed E-state index contributed by atoms with van der Waals surface area (Å²) in [4.78, 5) is 25.7. The van der Waals surface area contributed by atoms with Crippen molar-refractivity contribution >= 4 is 11.7 Å². The van der Waals surface area contributed by atoms with Gasteiger partial charge in [-0.05, 0) is 102 Å². The fraction of sp³-hybridized carbons (Fsp3) is 0.833. The zero-order valence-corrected chi connectivity index (χ0v) is 23.8. The van der Waals surface area contributed by atoms with Crippen molar-refractivity contribution < 1.29 is 4.79 Å². The number of rotatable bonds is 6. The maximum absolute atomic E-state index is 11.6. The molecule has 1 spiro atoms. The van der Waals surface area contributed by atoms with Gasteiger partial charge in [0.05, 0.1) is 0 Å². The number of carbonyl (C=O) groups is 1. The molecule has 1 aromatic rings. The Morgan fingerprint density at radius 1 is 1.06 bits per heavy atom. The standard InChI is InChI=1S/C19H33N5.C11H18O/c1-14(2)24-12-15(3)9-18(13-24)22-19-20-10-17(11-21-19)16-5-7-23(4)8-6-16;1-8(2)10(12)9-6-11(7-9)4-3-5-11/h10-11,14-16,18H,5-9,12-13H2,1-4H3,(H,20,21,22);8-9H,3-7H2,1-2H3. The van der Waals surface area contributed by atoms with Gasteiger partial charge in [-0.25, -0.2) is 9.97 Å². The fourth-order valence-corrected chi connectivity index (χ4v) is 6.81. The molecule has 1 aromatic heterocycles. The fourth-order valence-electron chi connectivity index (χ4n) is 6.81. The normalized spacial score (nSPS) is 27.3. The molecule has 0 bridgehead atoms. The van der Waals surface area contributed by atoms with Crippen molar-refractivity contribution in [2.45, 2.75) is 104 Å². The molecule has 202 valence electrons. The third kappa shape index (κ3) is 6.86. The minimum Gasteiger partial charge on any atom is -0.350 e. The molecule has 2 saturated carbocycles. The minimum absolute atomic E-state index is 0.257. The predicted molar refractivity (Wildman–Crippen MR) is 148 cm³/mol. The Balaban J connectivity index is 0.000000211. The smallest absolute Gasteiger partial charge is 0.222 e. The number of likely N-dealkylation sites (tertiary alicyclic amines) is 2. The third-order valence-corrected chi connectivity index (χ3v) is 9.36. The van der Waals surface area contributed by atoms with Crippen LogP contribution in [0.2, 0.25) is 0 Å². The van der Waals surface area contributed by atoms with Crippen LogP contribution in [0.15, 0.2) is 12.4 Å². The summed E-state index contributed by atoms with van der Waals surface area (Å²) in [5, 5.41) is 3.56. The highest BCUT2D eigenvalue weighted by Crippen LogP contribution is 2.59. The molecule has 36 heavy (non-hydrogen) atoms. The summed E-state index contributed by atoms with van der Waals surface area (Å²) < 4.78 is 0. The number of piperidine rings is 2. The zero-order chi connectivity index (χ0) is 25.9. The van der Waals surface area contributed by atoms with E-state index in [2.05, 4.69) is 52.9 Å². The van der Waals surface area contributed by atoms with Crippen LogP contribution in [-0.2, 0) is 4.79 Å². The number of nitrogens with zero attached hydrogens (tertiary/aromatic N) is 4. The van der Waals surface area contributed by atoms with E-state index in [1.54, 1.807) is 0 Å². The molecule has 0 radical (unpaired) electrons. The highest BCUT2D eigenvalue weighted by molar-refractivity contribution is 5.83. The first-order chi connectivity index (χ1) is 17.1. The Bertz CT molecular complexity index is 833. The third-order valence-electron chi connectivity index (χ3n) is 9.36. The van der Waals surface area contributed by atoms with Gasteiger partial charge in [0.1, 0.15) is 5.78 Å². The summed E-state index contributed by atoms with van der Waals surface area (Å²) in [6.07, 6.45) is 14.3. The van der Waals surface area contributed by atoms with E-state index >= 15 is 0 Å². The van der Waals surface area contributed by atoms with Gasteiger partial charge in [-0.2, -0.15) is 0 Å². The van der Waals surface area contributed by atoms with Crippen molar-refractivity contribution in [1.82, 2.24) is 19.8 Å². The van der Waals surface area contributed by atoms with E-state index in [1.807, 2.05) is 26.2 Å². The maximum atomic E-state index is 11.6. The number of hydrogen-bond donors (Lipinski definition) is 1. The molecule has 4 aliphatic rings. The van der Waals surface area contributed by atoms with Crippen molar-refractivity contribution in [3.8, 4) is 0 Å². The second kappa shape index (κ2) is 11.9. The molecule has 2 aliphatic heterocycles. The summed E-state index contributed by atoms with van der Waals surface area (Å²) in [6, 6.07) is 1.05. The number of Topliss-reactive ketones (excluding diaryl/α,β-unsaturated/α-hetero) is 1. The molecule has 2 aliphatic carbocycles. The summed E-state index contributed by atoms with van der Waals surface area (Å²) >= 11 is 0. The van der Waals surface area contributed by atoms with Gasteiger partial charge in [-0.15, -0.1) is 0 Å². The lowest BCUT2D eigenvalue weighted by atomic mass is 9.50. The zero-order valence-electron chi connectivity index (χ0n) is 23.8. The average Bonchev–Trinajstić information content (AvgIpc) is 2.78. The molecule has 0 amide bonds. The summed E-state index contributed by atoms with van der Waals surface area (Å²) in [7, 11) is 2.20. The lowest BCUT2D eigenvalue weighted by Gasteiger charge is -2.54. The molecule has 2 saturated heterocycles. The molecule has 4 fully saturated rings. The van der Waals surface area contributed by atoms with E-state index in [0.717, 1.165) is 18.4 Å². The van der Waals surface area contributed by atoms with Gasteiger partial charge in [0, 0.05) is 49.4 Å². The first kappa shape index (κ1) is 27.5. The number of hydrogen-bond acceptors (Lipinski definition) is 6. The predicted octanol–water partition coefficient (Wildman–Crippen LogP) is 5.61. The van der Waals surface area contributed by atoms with Crippen LogP contribution in [0.3, 0.4) is 0 Å². The summed E-state index contributed by atoms with van der Waals surface area (Å²) in [5.74, 6) is 3.33. The largest absolute Gasteiger partial charge is 0.350 e. The quantitative estimate of drug-likeness (QED) is 0.551. The Hall–Kier alpha value is -1.53. The molecule has 6 nitrogen and oxygen atoms in total. The number of ketones is 1. The Kier molecular flexibility index (Phi) is 9.09. The lowest BCUT2D eigenvalue weighted by Crippen LogP contribution is -2.48. The first-order valence-electron chi connectivity index (χ1n) is 14.7. The molecule has 1 N–H and O–H groups in total. The SMILES string of the molecule is CC(C)C(=O)C1CC2(CCC2)C1.CC1CC(Nc2ncc(C3CCN(C)CC3)cn2)CN(C(C)C)C1. The number of carbonyl (C=O) groups excluding carboxylic acids is 1. The van der Waals surface area contributed by atoms with Crippen LogP contribution in [0.1, 0.15) is 97.5 Å². The molecule has 6 heteroatoms. The first-order valence-corrected chi connectivity index (χ1v) is 14.7. The van der Waals surface area contributed by atoms with E-state index in [1.165, 1.54) is 76.6 Å².